The van der Waals surface area contributed by atoms with Crippen LogP contribution in [-0.2, 0) is 20.2 Å². The summed E-state index contributed by atoms with van der Waals surface area (Å²) in [5.74, 6) is 0.138. The Morgan fingerprint density at radius 1 is 1.00 bits per heavy atom. The van der Waals surface area contributed by atoms with Crippen LogP contribution >= 0.6 is 0 Å². The molecule has 20 heavy (non-hydrogen) atoms. The summed E-state index contributed by atoms with van der Waals surface area (Å²) in [5, 5.41) is 0. The maximum Gasteiger partial charge on any atom is 0.243 e. The predicted octanol–water partition coefficient (Wildman–Crippen LogP) is 2.34. The maximum atomic E-state index is 12.5. The molecule has 0 aromatic heterocycles. The van der Waals surface area contributed by atoms with Crippen molar-refractivity contribution in [1.29, 1.82) is 0 Å². The summed E-state index contributed by atoms with van der Waals surface area (Å²) >= 11 is 0. The first-order valence-corrected chi connectivity index (χ1v) is 8.28. The number of hydrogen-bond donors (Lipinski definition) is 0. The van der Waals surface area contributed by atoms with Gasteiger partial charge < -0.3 is 0 Å². The van der Waals surface area contributed by atoms with Gasteiger partial charge in [-0.3, -0.25) is 4.79 Å². The van der Waals surface area contributed by atoms with Gasteiger partial charge in [-0.15, -0.1) is 0 Å². The van der Waals surface area contributed by atoms with Gasteiger partial charge in [-0.1, -0.05) is 32.9 Å². The average Bonchev–Trinajstić information content (AvgIpc) is 2.38. The molecule has 2 rings (SSSR count). The van der Waals surface area contributed by atoms with Gasteiger partial charge in [-0.05, 0) is 23.1 Å². The molecule has 0 unspecified atom stereocenters. The molecule has 0 radical (unpaired) electrons. The minimum absolute atomic E-state index is 0.000163. The smallest absolute Gasteiger partial charge is 0.243 e. The summed E-state index contributed by atoms with van der Waals surface area (Å²) in [4.78, 5) is 11.5. The third-order valence-corrected chi connectivity index (χ3v) is 5.55. The van der Waals surface area contributed by atoms with Gasteiger partial charge in [0.1, 0.15) is 5.78 Å². The van der Waals surface area contributed by atoms with Crippen LogP contribution in [-0.4, -0.2) is 31.6 Å². The predicted molar refractivity (Wildman–Crippen MR) is 78.1 cm³/mol. The number of carbonyl (C=O) groups is 1. The Morgan fingerprint density at radius 3 is 1.95 bits per heavy atom. The van der Waals surface area contributed by atoms with Crippen molar-refractivity contribution in [3.63, 3.8) is 0 Å². The van der Waals surface area contributed by atoms with Gasteiger partial charge in [-0.25, -0.2) is 8.42 Å². The molecule has 1 heterocycles. The molecule has 0 spiro atoms. The molecule has 0 atom stereocenters. The fourth-order valence-corrected chi connectivity index (χ4v) is 3.69. The second-order valence-electron chi connectivity index (χ2n) is 6.22. The third kappa shape index (κ3) is 3.10. The van der Waals surface area contributed by atoms with E-state index in [2.05, 4.69) is 20.8 Å². The van der Waals surface area contributed by atoms with Gasteiger partial charge >= 0.3 is 0 Å². The van der Waals surface area contributed by atoms with Crippen molar-refractivity contribution in [2.45, 2.75) is 43.9 Å². The van der Waals surface area contributed by atoms with Gasteiger partial charge in [0.2, 0.25) is 10.0 Å². The summed E-state index contributed by atoms with van der Waals surface area (Å²) < 4.78 is 26.3. The lowest BCUT2D eigenvalue weighted by molar-refractivity contribution is -0.120. The van der Waals surface area contributed by atoms with E-state index >= 15 is 0 Å². The van der Waals surface area contributed by atoms with Crippen molar-refractivity contribution in [3.8, 4) is 0 Å². The lowest BCUT2D eigenvalue weighted by atomic mass is 9.87. The SMILES string of the molecule is CC(C)(C)c1ccc(S(=O)(=O)N2CCC(=O)CC2)cc1. The number of rotatable bonds is 2. The largest absolute Gasteiger partial charge is 0.300 e. The Balaban J connectivity index is 2.24. The molecule has 110 valence electrons. The van der Waals surface area contributed by atoms with Crippen molar-refractivity contribution in [2.24, 2.45) is 0 Å². The number of piperidine rings is 1. The third-order valence-electron chi connectivity index (χ3n) is 3.64. The number of benzene rings is 1. The Hall–Kier alpha value is -1.20. The molecule has 1 aliphatic heterocycles. The quantitative estimate of drug-likeness (QED) is 0.841. The van der Waals surface area contributed by atoms with Crippen molar-refractivity contribution >= 4 is 15.8 Å². The number of carbonyl (C=O) groups excluding carboxylic acids is 1. The number of Topliss-reactive ketones (excluding diaryl/α,β-unsaturated/α-hetero) is 1. The highest BCUT2D eigenvalue weighted by Gasteiger charge is 2.28. The molecule has 1 saturated heterocycles. The van der Waals surface area contributed by atoms with Crippen molar-refractivity contribution in [2.75, 3.05) is 13.1 Å². The molecule has 0 amide bonds. The summed E-state index contributed by atoms with van der Waals surface area (Å²) in [6.45, 7) is 6.86. The van der Waals surface area contributed by atoms with Crippen LogP contribution in [0.1, 0.15) is 39.2 Å². The summed E-state index contributed by atoms with van der Waals surface area (Å²) in [6, 6.07) is 7.04. The molecule has 0 bridgehead atoms. The lowest BCUT2D eigenvalue weighted by Gasteiger charge is -2.26. The van der Waals surface area contributed by atoms with E-state index in [1.54, 1.807) is 12.1 Å². The fraction of sp³-hybridized carbons (Fsp3) is 0.533. The van der Waals surface area contributed by atoms with Crippen LogP contribution in [0.5, 0.6) is 0 Å². The fourth-order valence-electron chi connectivity index (χ4n) is 2.25. The van der Waals surface area contributed by atoms with Crippen LogP contribution in [0.25, 0.3) is 0 Å². The summed E-state index contributed by atoms with van der Waals surface area (Å²) in [7, 11) is -3.47. The Labute approximate surface area is 120 Å². The van der Waals surface area contributed by atoms with Crippen LogP contribution < -0.4 is 0 Å². The molecule has 1 fully saturated rings. The first-order chi connectivity index (χ1) is 9.21. The van der Waals surface area contributed by atoms with Crippen LogP contribution in [0.4, 0.5) is 0 Å². The highest BCUT2D eigenvalue weighted by atomic mass is 32.2. The van der Waals surface area contributed by atoms with Crippen LogP contribution in [0.3, 0.4) is 0 Å². The zero-order valence-electron chi connectivity index (χ0n) is 12.2. The molecule has 0 saturated carbocycles. The monoisotopic (exact) mass is 295 g/mol. The molecular weight excluding hydrogens is 274 g/mol. The van der Waals surface area contributed by atoms with Crippen molar-refractivity contribution in [3.05, 3.63) is 29.8 Å². The molecule has 1 aromatic rings. The number of sulfonamides is 1. The van der Waals surface area contributed by atoms with Crippen LogP contribution in [0.2, 0.25) is 0 Å². The highest BCUT2D eigenvalue weighted by Crippen LogP contribution is 2.25. The second kappa shape index (κ2) is 5.30. The van der Waals surface area contributed by atoms with Crippen LogP contribution in [0.15, 0.2) is 29.2 Å². The van der Waals surface area contributed by atoms with Gasteiger partial charge in [0.25, 0.3) is 0 Å². The average molecular weight is 295 g/mol. The highest BCUT2D eigenvalue weighted by molar-refractivity contribution is 7.89. The number of hydrogen-bond acceptors (Lipinski definition) is 3. The zero-order chi connectivity index (χ0) is 15.0. The van der Waals surface area contributed by atoms with E-state index in [0.717, 1.165) is 5.56 Å². The molecule has 5 heteroatoms. The second-order valence-corrected chi connectivity index (χ2v) is 8.16. The van der Waals surface area contributed by atoms with Gasteiger partial charge in [0.15, 0.2) is 0 Å². The van der Waals surface area contributed by atoms with Gasteiger partial charge in [0.05, 0.1) is 4.90 Å². The van der Waals surface area contributed by atoms with Crippen LogP contribution in [0, 0.1) is 0 Å². The van der Waals surface area contributed by atoms with E-state index in [0.29, 0.717) is 30.8 Å². The number of ketones is 1. The molecule has 0 N–H and O–H groups in total. The van der Waals surface area contributed by atoms with E-state index in [-0.39, 0.29) is 11.2 Å². The Kier molecular flexibility index (Phi) is 4.02. The molecule has 0 aliphatic carbocycles. The standard InChI is InChI=1S/C15H21NO3S/c1-15(2,3)12-4-6-14(7-5-12)20(18,19)16-10-8-13(17)9-11-16/h4-7H,8-11H2,1-3H3. The van der Waals surface area contributed by atoms with E-state index < -0.39 is 10.0 Å². The minimum Gasteiger partial charge on any atom is -0.300 e. The van der Waals surface area contributed by atoms with E-state index in [9.17, 15) is 13.2 Å². The first-order valence-electron chi connectivity index (χ1n) is 6.84. The van der Waals surface area contributed by atoms with E-state index in [4.69, 9.17) is 0 Å². The van der Waals surface area contributed by atoms with Gasteiger partial charge in [-0.2, -0.15) is 4.31 Å². The maximum absolute atomic E-state index is 12.5. The normalized spacial score (nSPS) is 18.2. The molecular formula is C15H21NO3S. The minimum atomic E-state index is -3.47. The first kappa shape index (κ1) is 15.2. The Bertz CT molecular complexity index is 587. The number of nitrogens with zero attached hydrogens (tertiary/aromatic N) is 1. The van der Waals surface area contributed by atoms with Gasteiger partial charge in [0, 0.05) is 25.9 Å². The van der Waals surface area contributed by atoms with Crippen molar-refractivity contribution < 1.29 is 13.2 Å². The molecule has 4 nitrogen and oxygen atoms in total. The van der Waals surface area contributed by atoms with Crippen molar-refractivity contribution in [1.82, 2.24) is 4.31 Å². The summed E-state index contributed by atoms with van der Waals surface area (Å²) in [5.41, 5.74) is 1.10. The van der Waals surface area contributed by atoms with E-state index in [1.807, 2.05) is 12.1 Å². The van der Waals surface area contributed by atoms with E-state index in [1.165, 1.54) is 4.31 Å². The topological polar surface area (TPSA) is 54.5 Å². The summed E-state index contributed by atoms with van der Waals surface area (Å²) in [6.07, 6.45) is 0.638. The molecule has 1 aromatic carbocycles. The lowest BCUT2D eigenvalue weighted by Crippen LogP contribution is -2.38. The zero-order valence-corrected chi connectivity index (χ0v) is 13.0. The molecule has 1 aliphatic rings. The Morgan fingerprint density at radius 2 is 1.50 bits per heavy atom.